The van der Waals surface area contributed by atoms with Gasteiger partial charge in [0.25, 0.3) is 0 Å². The largest absolute Gasteiger partial charge is 0.278 e. The number of imide groups is 1. The Morgan fingerprint density at radius 2 is 1.95 bits per heavy atom. The van der Waals surface area contributed by atoms with Gasteiger partial charge < -0.3 is 0 Å². The maximum atomic E-state index is 12.8. The third-order valence-electron chi connectivity index (χ3n) is 3.76. The van der Waals surface area contributed by atoms with Gasteiger partial charge in [0.1, 0.15) is 0 Å². The van der Waals surface area contributed by atoms with E-state index in [1.54, 1.807) is 24.5 Å². The first-order valence-corrected chi connectivity index (χ1v) is 6.63. The standard InChI is InChI=1S/C16H18N2O2/c1-3-8-16(13-6-10-17-11-7-13)9-5-14(19)18(12-4-2)15(16)20/h3-4,6-7,10-11H,1-2,5,8-9,12H2. The molecule has 0 aliphatic carbocycles. The smallest absolute Gasteiger partial charge is 0.240 e. The van der Waals surface area contributed by atoms with Crippen molar-refractivity contribution in [3.8, 4) is 0 Å². The van der Waals surface area contributed by atoms with Crippen LogP contribution >= 0.6 is 0 Å². The number of nitrogens with zero attached hydrogens (tertiary/aromatic N) is 2. The molecule has 4 nitrogen and oxygen atoms in total. The molecule has 20 heavy (non-hydrogen) atoms. The van der Waals surface area contributed by atoms with Crippen molar-refractivity contribution in [3.63, 3.8) is 0 Å². The molecule has 104 valence electrons. The van der Waals surface area contributed by atoms with Gasteiger partial charge in [-0.05, 0) is 30.5 Å². The Morgan fingerprint density at radius 1 is 1.25 bits per heavy atom. The summed E-state index contributed by atoms with van der Waals surface area (Å²) >= 11 is 0. The Labute approximate surface area is 118 Å². The van der Waals surface area contributed by atoms with Crippen LogP contribution in [0.2, 0.25) is 0 Å². The van der Waals surface area contributed by atoms with E-state index in [0.717, 1.165) is 5.56 Å². The molecule has 1 saturated heterocycles. The van der Waals surface area contributed by atoms with Crippen molar-refractivity contribution >= 4 is 11.8 Å². The van der Waals surface area contributed by atoms with Gasteiger partial charge in [-0.25, -0.2) is 0 Å². The zero-order valence-electron chi connectivity index (χ0n) is 11.4. The van der Waals surface area contributed by atoms with Crippen molar-refractivity contribution in [1.29, 1.82) is 0 Å². The molecular formula is C16H18N2O2. The first-order chi connectivity index (χ1) is 9.65. The van der Waals surface area contributed by atoms with Gasteiger partial charge in [0.05, 0.1) is 5.41 Å². The van der Waals surface area contributed by atoms with Gasteiger partial charge in [0, 0.05) is 25.4 Å². The number of likely N-dealkylation sites (tertiary alicyclic amines) is 1. The monoisotopic (exact) mass is 270 g/mol. The highest BCUT2D eigenvalue weighted by Crippen LogP contribution is 2.38. The molecule has 4 heteroatoms. The van der Waals surface area contributed by atoms with Crippen LogP contribution < -0.4 is 0 Å². The van der Waals surface area contributed by atoms with E-state index < -0.39 is 5.41 Å². The normalized spacial score (nSPS) is 22.7. The minimum atomic E-state index is -0.707. The first kappa shape index (κ1) is 14.2. The number of amides is 2. The molecule has 1 unspecified atom stereocenters. The molecule has 0 aromatic carbocycles. The van der Waals surface area contributed by atoms with Crippen LogP contribution in [0.3, 0.4) is 0 Å². The summed E-state index contributed by atoms with van der Waals surface area (Å²) in [6.07, 6.45) is 8.02. The molecule has 1 aromatic heterocycles. The average Bonchev–Trinajstić information content (AvgIpc) is 2.48. The lowest BCUT2D eigenvalue weighted by atomic mass is 9.71. The minimum Gasteiger partial charge on any atom is -0.278 e. The Morgan fingerprint density at radius 3 is 2.55 bits per heavy atom. The summed E-state index contributed by atoms with van der Waals surface area (Å²) in [4.78, 5) is 30.0. The van der Waals surface area contributed by atoms with Crippen molar-refractivity contribution < 1.29 is 9.59 Å². The first-order valence-electron chi connectivity index (χ1n) is 6.63. The summed E-state index contributed by atoms with van der Waals surface area (Å²) in [7, 11) is 0. The molecule has 1 aliphatic heterocycles. The summed E-state index contributed by atoms with van der Waals surface area (Å²) in [5.41, 5.74) is 0.181. The lowest BCUT2D eigenvalue weighted by molar-refractivity contribution is -0.152. The zero-order chi connectivity index (χ0) is 14.6. The van der Waals surface area contributed by atoms with Crippen molar-refractivity contribution in [2.75, 3.05) is 6.54 Å². The quantitative estimate of drug-likeness (QED) is 0.609. The van der Waals surface area contributed by atoms with Crippen LogP contribution in [-0.4, -0.2) is 28.2 Å². The van der Waals surface area contributed by atoms with Crippen molar-refractivity contribution in [2.45, 2.75) is 24.7 Å². The molecule has 1 aromatic rings. The van der Waals surface area contributed by atoms with E-state index >= 15 is 0 Å². The Bertz CT molecular complexity index is 539. The van der Waals surface area contributed by atoms with Gasteiger partial charge in [0.15, 0.2) is 0 Å². The molecule has 1 atom stereocenters. The molecule has 0 bridgehead atoms. The maximum Gasteiger partial charge on any atom is 0.240 e. The number of allylic oxidation sites excluding steroid dienone is 1. The fraction of sp³-hybridized carbons (Fsp3) is 0.312. The van der Waals surface area contributed by atoms with E-state index in [9.17, 15) is 9.59 Å². The lowest BCUT2D eigenvalue weighted by Gasteiger charge is -2.40. The van der Waals surface area contributed by atoms with Crippen molar-refractivity contribution in [1.82, 2.24) is 9.88 Å². The zero-order valence-corrected chi connectivity index (χ0v) is 11.4. The lowest BCUT2D eigenvalue weighted by Crippen LogP contribution is -2.53. The molecule has 1 aliphatic rings. The van der Waals surface area contributed by atoms with Crippen molar-refractivity contribution in [2.24, 2.45) is 0 Å². The minimum absolute atomic E-state index is 0.136. The van der Waals surface area contributed by atoms with Gasteiger partial charge >= 0.3 is 0 Å². The van der Waals surface area contributed by atoms with Crippen LogP contribution in [0.15, 0.2) is 49.8 Å². The van der Waals surface area contributed by atoms with Crippen molar-refractivity contribution in [3.05, 3.63) is 55.4 Å². The van der Waals surface area contributed by atoms with Gasteiger partial charge in [-0.2, -0.15) is 0 Å². The molecule has 0 spiro atoms. The van der Waals surface area contributed by atoms with Crippen LogP contribution in [0.25, 0.3) is 0 Å². The molecule has 2 heterocycles. The van der Waals surface area contributed by atoms with E-state index in [-0.39, 0.29) is 18.4 Å². The average molecular weight is 270 g/mol. The molecule has 2 rings (SSSR count). The number of rotatable bonds is 5. The predicted octanol–water partition coefficient (Wildman–Crippen LogP) is 2.23. The van der Waals surface area contributed by atoms with E-state index in [1.807, 2.05) is 12.1 Å². The third kappa shape index (κ3) is 2.29. The summed E-state index contributed by atoms with van der Waals surface area (Å²) < 4.78 is 0. The molecule has 2 amide bonds. The number of carbonyl (C=O) groups is 2. The number of hydrogen-bond acceptors (Lipinski definition) is 3. The summed E-state index contributed by atoms with van der Waals surface area (Å²) in [6.45, 7) is 7.62. The van der Waals surface area contributed by atoms with E-state index in [2.05, 4.69) is 18.1 Å². The molecular weight excluding hydrogens is 252 g/mol. The number of pyridine rings is 1. The maximum absolute atomic E-state index is 12.8. The number of hydrogen-bond donors (Lipinski definition) is 0. The molecule has 0 radical (unpaired) electrons. The molecule has 1 fully saturated rings. The van der Waals surface area contributed by atoms with E-state index in [1.165, 1.54) is 4.90 Å². The van der Waals surface area contributed by atoms with Crippen LogP contribution in [-0.2, 0) is 15.0 Å². The fourth-order valence-corrected chi connectivity index (χ4v) is 2.74. The van der Waals surface area contributed by atoms with E-state index in [0.29, 0.717) is 19.3 Å². The second kappa shape index (κ2) is 5.82. The Kier molecular flexibility index (Phi) is 4.13. The van der Waals surface area contributed by atoms with Gasteiger partial charge in [-0.1, -0.05) is 12.2 Å². The van der Waals surface area contributed by atoms with Crippen LogP contribution in [0.5, 0.6) is 0 Å². The second-order valence-corrected chi connectivity index (χ2v) is 4.91. The Balaban J connectivity index is 2.47. The van der Waals surface area contributed by atoms with Gasteiger partial charge in [-0.3, -0.25) is 19.5 Å². The van der Waals surface area contributed by atoms with E-state index in [4.69, 9.17) is 0 Å². The van der Waals surface area contributed by atoms with Crippen LogP contribution in [0.4, 0.5) is 0 Å². The molecule has 0 N–H and O–H groups in total. The number of aromatic nitrogens is 1. The highest BCUT2D eigenvalue weighted by molar-refractivity contribution is 6.03. The SMILES string of the molecule is C=CCN1C(=O)CCC(CC=C)(c2ccncc2)C1=O. The summed E-state index contributed by atoms with van der Waals surface area (Å²) in [5.74, 6) is -0.302. The Hall–Kier alpha value is -2.23. The summed E-state index contributed by atoms with van der Waals surface area (Å²) in [6, 6.07) is 3.67. The predicted molar refractivity (Wildman–Crippen MR) is 76.9 cm³/mol. The highest BCUT2D eigenvalue weighted by atomic mass is 16.2. The van der Waals surface area contributed by atoms with Crippen LogP contribution in [0, 0.1) is 0 Å². The summed E-state index contributed by atoms with van der Waals surface area (Å²) in [5, 5.41) is 0. The molecule has 0 saturated carbocycles. The third-order valence-corrected chi connectivity index (χ3v) is 3.76. The van der Waals surface area contributed by atoms with Gasteiger partial charge in [0.2, 0.25) is 11.8 Å². The van der Waals surface area contributed by atoms with Gasteiger partial charge in [-0.15, -0.1) is 13.2 Å². The highest BCUT2D eigenvalue weighted by Gasteiger charge is 2.46. The topological polar surface area (TPSA) is 50.3 Å². The van der Waals surface area contributed by atoms with Crippen LogP contribution in [0.1, 0.15) is 24.8 Å². The second-order valence-electron chi connectivity index (χ2n) is 4.91. The number of piperidine rings is 1. The fourth-order valence-electron chi connectivity index (χ4n) is 2.74. The number of carbonyl (C=O) groups excluding carboxylic acids is 2.